The van der Waals surface area contributed by atoms with Crippen LogP contribution in [-0.4, -0.2) is 12.1 Å². The number of rotatable bonds is 4. The van der Waals surface area contributed by atoms with Crippen molar-refractivity contribution in [2.75, 3.05) is 7.11 Å². The van der Waals surface area contributed by atoms with Crippen LogP contribution in [0.5, 0.6) is 17.4 Å². The first-order valence-electron chi connectivity index (χ1n) is 5.38. The van der Waals surface area contributed by atoms with E-state index in [0.29, 0.717) is 28.9 Å². The van der Waals surface area contributed by atoms with Crippen LogP contribution in [0, 0.1) is 0 Å². The van der Waals surface area contributed by atoms with E-state index in [9.17, 15) is 0 Å². The lowest BCUT2D eigenvalue weighted by atomic mass is 10.2. The highest BCUT2D eigenvalue weighted by atomic mass is 35.5. The second-order valence-corrected chi connectivity index (χ2v) is 4.07. The van der Waals surface area contributed by atoms with Crippen molar-refractivity contribution in [2.24, 2.45) is 5.73 Å². The Morgan fingerprint density at radius 2 is 2.00 bits per heavy atom. The Bertz CT molecular complexity index is 507. The van der Waals surface area contributed by atoms with Crippen LogP contribution < -0.4 is 15.2 Å². The molecule has 0 atom stereocenters. The molecule has 0 saturated carbocycles. The molecule has 0 saturated heterocycles. The third kappa shape index (κ3) is 3.12. The van der Waals surface area contributed by atoms with Crippen LogP contribution in [0.1, 0.15) is 5.56 Å². The van der Waals surface area contributed by atoms with Gasteiger partial charge in [-0.2, -0.15) is 0 Å². The van der Waals surface area contributed by atoms with Gasteiger partial charge < -0.3 is 15.2 Å². The van der Waals surface area contributed by atoms with Gasteiger partial charge in [0.2, 0.25) is 5.88 Å². The van der Waals surface area contributed by atoms with Crippen LogP contribution in [0.4, 0.5) is 0 Å². The molecule has 0 aliphatic carbocycles. The maximum Gasteiger partial charge on any atom is 0.219 e. The zero-order chi connectivity index (χ0) is 13.0. The number of nitrogens with two attached hydrogens (primary N) is 1. The van der Waals surface area contributed by atoms with Crippen molar-refractivity contribution < 1.29 is 9.47 Å². The molecule has 5 heteroatoms. The highest BCUT2D eigenvalue weighted by Gasteiger charge is 2.04. The molecule has 0 radical (unpaired) electrons. The van der Waals surface area contributed by atoms with Gasteiger partial charge in [-0.1, -0.05) is 11.6 Å². The summed E-state index contributed by atoms with van der Waals surface area (Å²) in [6.45, 7) is 0.418. The minimum absolute atomic E-state index is 0.418. The van der Waals surface area contributed by atoms with E-state index in [2.05, 4.69) is 4.98 Å². The average Bonchev–Trinajstić information content (AvgIpc) is 2.41. The highest BCUT2D eigenvalue weighted by Crippen LogP contribution is 2.26. The predicted molar refractivity (Wildman–Crippen MR) is 70.2 cm³/mol. The summed E-state index contributed by atoms with van der Waals surface area (Å²) in [7, 11) is 1.60. The zero-order valence-electron chi connectivity index (χ0n) is 9.89. The third-order valence-electron chi connectivity index (χ3n) is 2.33. The monoisotopic (exact) mass is 264 g/mol. The molecule has 94 valence electrons. The molecule has 1 aromatic carbocycles. The van der Waals surface area contributed by atoms with Crippen LogP contribution in [0.2, 0.25) is 5.02 Å². The topological polar surface area (TPSA) is 57.4 Å². The summed E-state index contributed by atoms with van der Waals surface area (Å²) in [4.78, 5) is 4.06. The Balaban J connectivity index is 2.25. The molecule has 0 amide bonds. The summed E-state index contributed by atoms with van der Waals surface area (Å²) in [5.41, 5.74) is 6.54. The number of aromatic nitrogens is 1. The van der Waals surface area contributed by atoms with Crippen LogP contribution in [0.15, 0.2) is 36.5 Å². The standard InChI is InChI=1S/C13H13ClN2O2/c1-17-11-4-9(7-15)5-12(6-11)18-13-3-2-10(14)8-16-13/h2-6,8H,7,15H2,1H3. The number of nitrogens with zero attached hydrogens (tertiary/aromatic N) is 1. The molecule has 0 fully saturated rings. The molecule has 1 aromatic heterocycles. The van der Waals surface area contributed by atoms with Gasteiger partial charge in [0.1, 0.15) is 11.5 Å². The predicted octanol–water partition coefficient (Wildman–Crippen LogP) is 2.99. The Hall–Kier alpha value is -1.78. The largest absolute Gasteiger partial charge is 0.497 e. The summed E-state index contributed by atoms with van der Waals surface area (Å²) in [5, 5.41) is 0.565. The number of hydrogen-bond acceptors (Lipinski definition) is 4. The lowest BCUT2D eigenvalue weighted by Gasteiger charge is -2.09. The lowest BCUT2D eigenvalue weighted by Crippen LogP contribution is -1.98. The quantitative estimate of drug-likeness (QED) is 0.922. The maximum absolute atomic E-state index is 5.76. The number of ether oxygens (including phenoxy) is 2. The summed E-state index contributed by atoms with van der Waals surface area (Å²) < 4.78 is 10.8. The lowest BCUT2D eigenvalue weighted by molar-refractivity contribution is 0.406. The van der Waals surface area contributed by atoms with Crippen molar-refractivity contribution in [2.45, 2.75) is 6.54 Å². The third-order valence-corrected chi connectivity index (χ3v) is 2.56. The molecular weight excluding hydrogens is 252 g/mol. The molecule has 2 rings (SSSR count). The fourth-order valence-electron chi connectivity index (χ4n) is 1.47. The highest BCUT2D eigenvalue weighted by molar-refractivity contribution is 6.30. The summed E-state index contributed by atoms with van der Waals surface area (Å²) in [6, 6.07) is 8.90. The molecule has 0 bridgehead atoms. The summed E-state index contributed by atoms with van der Waals surface area (Å²) >= 11 is 5.76. The second kappa shape index (κ2) is 5.71. The molecule has 0 unspecified atom stereocenters. The van der Waals surface area contributed by atoms with E-state index in [0.717, 1.165) is 5.56 Å². The Morgan fingerprint density at radius 1 is 1.22 bits per heavy atom. The van der Waals surface area contributed by atoms with Crippen LogP contribution in [-0.2, 0) is 6.54 Å². The van der Waals surface area contributed by atoms with Gasteiger partial charge in [-0.25, -0.2) is 4.98 Å². The number of benzene rings is 1. The van der Waals surface area contributed by atoms with E-state index < -0.39 is 0 Å². The zero-order valence-corrected chi connectivity index (χ0v) is 10.6. The molecule has 1 heterocycles. The first kappa shape index (κ1) is 12.7. The fourth-order valence-corrected chi connectivity index (χ4v) is 1.58. The normalized spacial score (nSPS) is 10.2. The SMILES string of the molecule is COc1cc(CN)cc(Oc2ccc(Cl)cn2)c1. The van der Waals surface area contributed by atoms with Crippen LogP contribution in [0.25, 0.3) is 0 Å². The van der Waals surface area contributed by atoms with Gasteiger partial charge in [0.25, 0.3) is 0 Å². The summed E-state index contributed by atoms with van der Waals surface area (Å²) in [6.07, 6.45) is 1.53. The molecule has 0 aliphatic rings. The maximum atomic E-state index is 5.76. The Kier molecular flexibility index (Phi) is 4.02. The molecule has 2 N–H and O–H groups in total. The van der Waals surface area contributed by atoms with Gasteiger partial charge in [-0.3, -0.25) is 0 Å². The van der Waals surface area contributed by atoms with Crippen LogP contribution in [0.3, 0.4) is 0 Å². The minimum Gasteiger partial charge on any atom is -0.497 e. The number of halogens is 1. The van der Waals surface area contributed by atoms with E-state index in [4.69, 9.17) is 26.8 Å². The molecular formula is C13H13ClN2O2. The van der Waals surface area contributed by atoms with Gasteiger partial charge in [-0.05, 0) is 23.8 Å². The minimum atomic E-state index is 0.418. The number of methoxy groups -OCH3 is 1. The van der Waals surface area contributed by atoms with Gasteiger partial charge in [-0.15, -0.1) is 0 Å². The van der Waals surface area contributed by atoms with Gasteiger partial charge in [0.05, 0.1) is 12.1 Å². The molecule has 0 spiro atoms. The van der Waals surface area contributed by atoms with Crippen LogP contribution >= 0.6 is 11.6 Å². The van der Waals surface area contributed by atoms with Gasteiger partial charge in [0.15, 0.2) is 0 Å². The van der Waals surface area contributed by atoms with E-state index in [1.807, 2.05) is 12.1 Å². The van der Waals surface area contributed by atoms with Crippen molar-refractivity contribution >= 4 is 11.6 Å². The number of pyridine rings is 1. The first-order valence-corrected chi connectivity index (χ1v) is 5.76. The molecule has 2 aromatic rings. The van der Waals surface area contributed by atoms with E-state index in [1.165, 1.54) is 6.20 Å². The molecule has 18 heavy (non-hydrogen) atoms. The van der Waals surface area contributed by atoms with E-state index >= 15 is 0 Å². The fraction of sp³-hybridized carbons (Fsp3) is 0.154. The van der Waals surface area contributed by atoms with E-state index in [-0.39, 0.29) is 0 Å². The van der Waals surface area contributed by atoms with Crippen molar-refractivity contribution in [1.29, 1.82) is 0 Å². The number of hydrogen-bond donors (Lipinski definition) is 1. The summed E-state index contributed by atoms with van der Waals surface area (Å²) in [5.74, 6) is 1.79. The van der Waals surface area contributed by atoms with Crippen molar-refractivity contribution in [3.05, 3.63) is 47.1 Å². The second-order valence-electron chi connectivity index (χ2n) is 3.64. The van der Waals surface area contributed by atoms with Crippen molar-refractivity contribution in [3.8, 4) is 17.4 Å². The van der Waals surface area contributed by atoms with Crippen molar-refractivity contribution in [1.82, 2.24) is 4.98 Å². The Labute approximate surface area is 110 Å². The first-order chi connectivity index (χ1) is 8.71. The molecule has 0 aliphatic heterocycles. The van der Waals surface area contributed by atoms with E-state index in [1.54, 1.807) is 25.3 Å². The Morgan fingerprint density at radius 3 is 2.61 bits per heavy atom. The molecule has 4 nitrogen and oxygen atoms in total. The van der Waals surface area contributed by atoms with Gasteiger partial charge in [0, 0.05) is 24.9 Å². The van der Waals surface area contributed by atoms with Gasteiger partial charge >= 0.3 is 0 Å². The smallest absolute Gasteiger partial charge is 0.219 e. The average molecular weight is 265 g/mol. The van der Waals surface area contributed by atoms with Crippen molar-refractivity contribution in [3.63, 3.8) is 0 Å².